The quantitative estimate of drug-likeness (QED) is 0.472. The number of hydrogen-bond acceptors (Lipinski definition) is 5. The fourth-order valence-corrected chi connectivity index (χ4v) is 3.72. The van der Waals surface area contributed by atoms with Crippen LogP contribution >= 0.6 is 23.7 Å². The number of thiazole rings is 1. The smallest absolute Gasteiger partial charge is 0.407 e. The molecule has 30 heavy (non-hydrogen) atoms. The number of nitrogens with one attached hydrogen (secondary N) is 1. The molecule has 5 nitrogen and oxygen atoms in total. The van der Waals surface area contributed by atoms with Crippen molar-refractivity contribution in [1.29, 1.82) is 0 Å². The first-order valence-electron chi connectivity index (χ1n) is 9.83. The third-order valence-corrected chi connectivity index (χ3v) is 5.46. The van der Waals surface area contributed by atoms with E-state index in [-0.39, 0.29) is 31.1 Å². The zero-order valence-electron chi connectivity index (χ0n) is 16.8. The van der Waals surface area contributed by atoms with Crippen LogP contribution in [0.4, 0.5) is 4.79 Å². The monoisotopic (exact) mass is 445 g/mol. The number of aromatic nitrogens is 1. The van der Waals surface area contributed by atoms with E-state index < -0.39 is 6.09 Å². The summed E-state index contributed by atoms with van der Waals surface area (Å²) in [5.41, 5.74) is 10.5. The third-order valence-electron chi connectivity index (χ3n) is 4.70. The minimum Gasteiger partial charge on any atom is -0.444 e. The zero-order valence-corrected chi connectivity index (χ0v) is 18.4. The molecule has 0 aliphatic heterocycles. The van der Waals surface area contributed by atoms with Gasteiger partial charge >= 0.3 is 6.09 Å². The van der Waals surface area contributed by atoms with Crippen LogP contribution in [0.15, 0.2) is 72.4 Å². The molecule has 0 saturated heterocycles. The molecule has 3 rings (SSSR count). The minimum absolute atomic E-state index is 0. The highest BCUT2D eigenvalue weighted by atomic mass is 35.5. The molecular weight excluding hydrogens is 418 g/mol. The molecule has 0 unspecified atom stereocenters. The summed E-state index contributed by atoms with van der Waals surface area (Å²) < 4.78 is 5.35. The molecule has 7 heteroatoms. The second-order valence-electron chi connectivity index (χ2n) is 7.10. The van der Waals surface area contributed by atoms with E-state index in [1.54, 1.807) is 11.7 Å². The molecule has 2 atom stereocenters. The summed E-state index contributed by atoms with van der Waals surface area (Å²) in [6.45, 7) is 0.238. The number of benzene rings is 2. The third kappa shape index (κ3) is 8.53. The van der Waals surface area contributed by atoms with E-state index in [0.29, 0.717) is 0 Å². The number of carbonyl (C=O) groups is 1. The van der Waals surface area contributed by atoms with Gasteiger partial charge in [-0.15, -0.1) is 23.7 Å². The Morgan fingerprint density at radius 3 is 2.23 bits per heavy atom. The summed E-state index contributed by atoms with van der Waals surface area (Å²) in [5.74, 6) is 0. The summed E-state index contributed by atoms with van der Waals surface area (Å²) in [6.07, 6.45) is 4.49. The Balaban J connectivity index is 0.00000320. The van der Waals surface area contributed by atoms with E-state index in [2.05, 4.69) is 34.6 Å². The van der Waals surface area contributed by atoms with E-state index in [1.807, 2.05) is 36.4 Å². The predicted octanol–water partition coefficient (Wildman–Crippen LogP) is 4.75. The van der Waals surface area contributed by atoms with Crippen LogP contribution in [0.3, 0.4) is 0 Å². The first-order valence-corrected chi connectivity index (χ1v) is 10.7. The van der Waals surface area contributed by atoms with Crippen molar-refractivity contribution in [2.24, 2.45) is 5.73 Å². The predicted molar refractivity (Wildman–Crippen MR) is 124 cm³/mol. The number of nitrogens with two attached hydrogens (primary N) is 1. The maximum absolute atomic E-state index is 12.3. The first kappa shape index (κ1) is 23.9. The number of halogens is 1. The molecule has 1 amide bonds. The number of ether oxygens (including phenoxy) is 1. The zero-order chi connectivity index (χ0) is 20.3. The van der Waals surface area contributed by atoms with Gasteiger partial charge in [0.1, 0.15) is 6.61 Å². The van der Waals surface area contributed by atoms with Crippen LogP contribution < -0.4 is 11.1 Å². The lowest BCUT2D eigenvalue weighted by molar-refractivity contribution is 0.135. The topological polar surface area (TPSA) is 77.2 Å². The highest BCUT2D eigenvalue weighted by Crippen LogP contribution is 2.13. The van der Waals surface area contributed by atoms with E-state index in [9.17, 15) is 4.79 Å². The van der Waals surface area contributed by atoms with Crippen LogP contribution in [0.2, 0.25) is 0 Å². The Hall–Kier alpha value is -2.41. The van der Waals surface area contributed by atoms with Gasteiger partial charge in [-0.3, -0.25) is 4.98 Å². The first-order chi connectivity index (χ1) is 14.2. The van der Waals surface area contributed by atoms with Gasteiger partial charge in [-0.2, -0.15) is 0 Å². The Labute approximate surface area is 188 Å². The molecule has 3 aromatic rings. The number of amides is 1. The Kier molecular flexibility index (Phi) is 10.3. The molecule has 1 heterocycles. The average molecular weight is 446 g/mol. The van der Waals surface area contributed by atoms with Crippen LogP contribution in [0.25, 0.3) is 0 Å². The van der Waals surface area contributed by atoms with Gasteiger partial charge < -0.3 is 15.8 Å². The molecule has 0 aliphatic rings. The van der Waals surface area contributed by atoms with Crippen molar-refractivity contribution < 1.29 is 9.53 Å². The number of carbonyl (C=O) groups excluding carboxylic acids is 1. The molecule has 0 spiro atoms. The molecule has 0 radical (unpaired) electrons. The Morgan fingerprint density at radius 1 is 1.00 bits per heavy atom. The van der Waals surface area contributed by atoms with Gasteiger partial charge in [0.2, 0.25) is 0 Å². The van der Waals surface area contributed by atoms with Crippen molar-refractivity contribution in [1.82, 2.24) is 10.3 Å². The average Bonchev–Trinajstić information content (AvgIpc) is 3.26. The van der Waals surface area contributed by atoms with E-state index >= 15 is 0 Å². The number of rotatable bonds is 10. The van der Waals surface area contributed by atoms with E-state index in [4.69, 9.17) is 10.5 Å². The summed E-state index contributed by atoms with van der Waals surface area (Å²) in [4.78, 5) is 17.2. The highest BCUT2D eigenvalue weighted by Gasteiger charge is 2.16. The minimum atomic E-state index is -0.407. The lowest BCUT2D eigenvalue weighted by Gasteiger charge is -2.21. The van der Waals surface area contributed by atoms with Crippen LogP contribution in [-0.4, -0.2) is 23.2 Å². The number of hydrogen-bond donors (Lipinski definition) is 2. The largest absolute Gasteiger partial charge is 0.444 e. The Morgan fingerprint density at radius 2 is 1.63 bits per heavy atom. The standard InChI is InChI=1S/C23H27N3O2S.ClH/c24-20(13-18-7-3-1-4-8-18)11-12-21(14-19-9-5-2-6-10-19)26-23(27)28-16-22-15-25-17-29-22;/h1-10,15,17,20-21H,11-14,16,24H2,(H,26,27);1H/t20-,21-;/m0./s1. The number of nitrogens with zero attached hydrogens (tertiary/aromatic N) is 1. The van der Waals surface area contributed by atoms with Gasteiger partial charge in [-0.25, -0.2) is 4.79 Å². The van der Waals surface area contributed by atoms with Crippen molar-refractivity contribution in [3.8, 4) is 0 Å². The maximum atomic E-state index is 12.3. The molecule has 3 N–H and O–H groups in total. The lowest BCUT2D eigenvalue weighted by atomic mass is 9.96. The SMILES string of the molecule is Cl.N[C@@H](CC[C@@H](Cc1ccccc1)NC(=O)OCc1cncs1)Cc1ccccc1. The number of alkyl carbamates (subject to hydrolysis) is 1. The molecular formula is C23H28ClN3O2S. The summed E-state index contributed by atoms with van der Waals surface area (Å²) in [7, 11) is 0. The van der Waals surface area contributed by atoms with Gasteiger partial charge in [0.05, 0.1) is 10.4 Å². The van der Waals surface area contributed by atoms with Crippen LogP contribution in [-0.2, 0) is 24.2 Å². The molecule has 2 aromatic carbocycles. The van der Waals surface area contributed by atoms with Crippen molar-refractivity contribution in [2.75, 3.05) is 0 Å². The van der Waals surface area contributed by atoms with Gasteiger partial charge in [-0.1, -0.05) is 60.7 Å². The van der Waals surface area contributed by atoms with Gasteiger partial charge in [-0.05, 0) is 36.8 Å². The molecule has 0 aliphatic carbocycles. The second-order valence-corrected chi connectivity index (χ2v) is 8.07. The fourth-order valence-electron chi connectivity index (χ4n) is 3.22. The summed E-state index contributed by atoms with van der Waals surface area (Å²) >= 11 is 1.47. The lowest BCUT2D eigenvalue weighted by Crippen LogP contribution is -2.38. The van der Waals surface area contributed by atoms with Crippen molar-refractivity contribution in [2.45, 2.75) is 44.4 Å². The van der Waals surface area contributed by atoms with Crippen molar-refractivity contribution in [3.05, 3.63) is 88.4 Å². The second kappa shape index (κ2) is 13.0. The molecule has 0 saturated carbocycles. The van der Waals surface area contributed by atoms with Crippen LogP contribution in [0.5, 0.6) is 0 Å². The molecule has 0 bridgehead atoms. The van der Waals surface area contributed by atoms with Crippen LogP contribution in [0.1, 0.15) is 28.8 Å². The van der Waals surface area contributed by atoms with Gasteiger partial charge in [0.15, 0.2) is 0 Å². The van der Waals surface area contributed by atoms with Gasteiger partial charge in [0, 0.05) is 18.3 Å². The molecule has 1 aromatic heterocycles. The van der Waals surface area contributed by atoms with Crippen LogP contribution in [0, 0.1) is 0 Å². The van der Waals surface area contributed by atoms with Crippen molar-refractivity contribution >= 4 is 29.8 Å². The van der Waals surface area contributed by atoms with E-state index in [1.165, 1.54) is 22.5 Å². The summed E-state index contributed by atoms with van der Waals surface area (Å²) in [5, 5.41) is 3.01. The maximum Gasteiger partial charge on any atom is 0.407 e. The summed E-state index contributed by atoms with van der Waals surface area (Å²) in [6, 6.07) is 20.4. The molecule has 160 valence electrons. The molecule has 0 fully saturated rings. The van der Waals surface area contributed by atoms with Crippen molar-refractivity contribution in [3.63, 3.8) is 0 Å². The normalized spacial score (nSPS) is 12.4. The fraction of sp³-hybridized carbons (Fsp3) is 0.304. The van der Waals surface area contributed by atoms with Gasteiger partial charge in [0.25, 0.3) is 0 Å². The highest BCUT2D eigenvalue weighted by molar-refractivity contribution is 7.09. The van der Waals surface area contributed by atoms with E-state index in [0.717, 1.165) is 30.6 Å². The Bertz CT molecular complexity index is 847.